The highest BCUT2D eigenvalue weighted by molar-refractivity contribution is 14.0. The maximum Gasteiger partial charge on any atom is 0.191 e. The lowest BCUT2D eigenvalue weighted by Crippen LogP contribution is -2.46. The van der Waals surface area contributed by atoms with Gasteiger partial charge in [-0.3, -0.25) is 9.89 Å². The topological polar surface area (TPSA) is 67.4 Å². The van der Waals surface area contributed by atoms with Gasteiger partial charge in [0.1, 0.15) is 0 Å². The van der Waals surface area contributed by atoms with E-state index in [0.717, 1.165) is 63.4 Å². The summed E-state index contributed by atoms with van der Waals surface area (Å²) in [5.41, 5.74) is 1.19. The quantitative estimate of drug-likeness (QED) is 0.263. The number of guanidine groups is 1. The lowest BCUT2D eigenvalue weighted by Gasteiger charge is -2.35. The van der Waals surface area contributed by atoms with E-state index in [-0.39, 0.29) is 30.0 Å². The Morgan fingerprint density at radius 2 is 1.90 bits per heavy atom. The summed E-state index contributed by atoms with van der Waals surface area (Å²) in [5.74, 6) is 2.34. The van der Waals surface area contributed by atoms with Gasteiger partial charge in [-0.15, -0.1) is 24.0 Å². The Bertz CT molecular complexity index is 645. The van der Waals surface area contributed by atoms with E-state index in [1.165, 1.54) is 5.56 Å². The SMILES string of the molecule is CCNC(=NCC(C)SC)NCC(c1ccc(OC)c(OC)c1)N1CCOCC1.I. The summed E-state index contributed by atoms with van der Waals surface area (Å²) in [7, 11) is 3.33. The molecule has 2 N–H and O–H groups in total. The van der Waals surface area contributed by atoms with Crippen molar-refractivity contribution in [2.75, 3.05) is 66.4 Å². The maximum absolute atomic E-state index is 5.56. The fourth-order valence-electron chi connectivity index (χ4n) is 3.24. The van der Waals surface area contributed by atoms with E-state index in [0.29, 0.717) is 5.25 Å². The van der Waals surface area contributed by atoms with Crippen LogP contribution in [0.15, 0.2) is 23.2 Å². The van der Waals surface area contributed by atoms with Crippen LogP contribution in [0.2, 0.25) is 0 Å². The van der Waals surface area contributed by atoms with Gasteiger partial charge in [0.15, 0.2) is 17.5 Å². The molecule has 7 nitrogen and oxygen atoms in total. The second-order valence-corrected chi connectivity index (χ2v) is 8.20. The van der Waals surface area contributed by atoms with Crippen molar-refractivity contribution in [1.29, 1.82) is 0 Å². The van der Waals surface area contributed by atoms with Crippen molar-refractivity contribution in [3.05, 3.63) is 23.8 Å². The zero-order valence-electron chi connectivity index (χ0n) is 18.8. The van der Waals surface area contributed by atoms with Crippen molar-refractivity contribution in [2.24, 2.45) is 4.99 Å². The van der Waals surface area contributed by atoms with E-state index in [9.17, 15) is 0 Å². The molecule has 2 rings (SSSR count). The molecule has 0 aromatic heterocycles. The van der Waals surface area contributed by atoms with Gasteiger partial charge in [-0.2, -0.15) is 11.8 Å². The van der Waals surface area contributed by atoms with Crippen molar-refractivity contribution < 1.29 is 14.2 Å². The third-order valence-electron chi connectivity index (χ3n) is 4.99. The molecule has 1 aliphatic rings. The second-order valence-electron chi connectivity index (χ2n) is 6.93. The summed E-state index contributed by atoms with van der Waals surface area (Å²) in [6, 6.07) is 6.34. The van der Waals surface area contributed by atoms with Gasteiger partial charge in [0.2, 0.25) is 0 Å². The van der Waals surface area contributed by atoms with Crippen molar-refractivity contribution in [3.63, 3.8) is 0 Å². The predicted molar refractivity (Wildman–Crippen MR) is 137 cm³/mol. The highest BCUT2D eigenvalue weighted by Gasteiger charge is 2.24. The van der Waals surface area contributed by atoms with Crippen molar-refractivity contribution in [2.45, 2.75) is 25.1 Å². The zero-order valence-corrected chi connectivity index (χ0v) is 21.9. The average Bonchev–Trinajstić information content (AvgIpc) is 2.77. The Morgan fingerprint density at radius 1 is 1.20 bits per heavy atom. The molecule has 2 unspecified atom stereocenters. The Kier molecular flexibility index (Phi) is 13.5. The van der Waals surface area contributed by atoms with Crippen molar-refractivity contribution in [3.8, 4) is 11.5 Å². The third kappa shape index (κ3) is 8.32. The Hall–Kier alpha value is -0.910. The molecule has 0 spiro atoms. The molecule has 1 aromatic carbocycles. The minimum atomic E-state index is 0. The highest BCUT2D eigenvalue weighted by atomic mass is 127. The molecule has 30 heavy (non-hydrogen) atoms. The number of ether oxygens (including phenoxy) is 3. The van der Waals surface area contributed by atoms with Crippen LogP contribution in [0.4, 0.5) is 0 Å². The molecule has 0 aliphatic carbocycles. The number of hydrogen-bond donors (Lipinski definition) is 2. The number of hydrogen-bond acceptors (Lipinski definition) is 6. The molecule has 0 radical (unpaired) electrons. The van der Waals surface area contributed by atoms with Crippen LogP contribution in [0.5, 0.6) is 11.5 Å². The largest absolute Gasteiger partial charge is 0.493 e. The van der Waals surface area contributed by atoms with Crippen LogP contribution in [-0.4, -0.2) is 82.5 Å². The minimum Gasteiger partial charge on any atom is -0.493 e. The van der Waals surface area contributed by atoms with Crippen molar-refractivity contribution in [1.82, 2.24) is 15.5 Å². The predicted octanol–water partition coefficient (Wildman–Crippen LogP) is 3.00. The molecule has 1 heterocycles. The van der Waals surface area contributed by atoms with Crippen LogP contribution in [0.3, 0.4) is 0 Å². The molecule has 0 saturated carbocycles. The van der Waals surface area contributed by atoms with E-state index in [2.05, 4.69) is 47.8 Å². The van der Waals surface area contributed by atoms with Gasteiger partial charge in [0.05, 0.1) is 40.0 Å². The van der Waals surface area contributed by atoms with Crippen LogP contribution in [0.25, 0.3) is 0 Å². The van der Waals surface area contributed by atoms with Crippen LogP contribution in [0.1, 0.15) is 25.5 Å². The van der Waals surface area contributed by atoms with E-state index in [1.807, 2.05) is 17.8 Å². The molecule has 1 fully saturated rings. The highest BCUT2D eigenvalue weighted by Crippen LogP contribution is 2.32. The molecule has 1 aromatic rings. The summed E-state index contributed by atoms with van der Waals surface area (Å²) in [4.78, 5) is 7.19. The first kappa shape index (κ1) is 27.1. The van der Waals surface area contributed by atoms with Crippen LogP contribution in [-0.2, 0) is 4.74 Å². The number of methoxy groups -OCH3 is 2. The van der Waals surface area contributed by atoms with E-state index < -0.39 is 0 Å². The third-order valence-corrected chi connectivity index (χ3v) is 5.95. The molecule has 0 bridgehead atoms. The molecule has 2 atom stereocenters. The smallest absolute Gasteiger partial charge is 0.191 e. The molecule has 0 amide bonds. The fourth-order valence-corrected chi connectivity index (χ4v) is 3.46. The Labute approximate surface area is 202 Å². The lowest BCUT2D eigenvalue weighted by atomic mass is 10.0. The number of thioether (sulfide) groups is 1. The number of nitrogens with zero attached hydrogens (tertiary/aromatic N) is 2. The van der Waals surface area contributed by atoms with Gasteiger partial charge in [0.25, 0.3) is 0 Å². The summed E-state index contributed by atoms with van der Waals surface area (Å²) in [6.07, 6.45) is 2.12. The normalized spacial score (nSPS) is 16.9. The summed E-state index contributed by atoms with van der Waals surface area (Å²) >= 11 is 1.83. The monoisotopic (exact) mass is 552 g/mol. The number of nitrogens with one attached hydrogen (secondary N) is 2. The number of rotatable bonds is 10. The van der Waals surface area contributed by atoms with Gasteiger partial charge in [-0.05, 0) is 30.9 Å². The van der Waals surface area contributed by atoms with Crippen LogP contribution < -0.4 is 20.1 Å². The van der Waals surface area contributed by atoms with E-state index in [1.54, 1.807) is 14.2 Å². The van der Waals surface area contributed by atoms with Gasteiger partial charge < -0.3 is 24.8 Å². The molecule has 172 valence electrons. The van der Waals surface area contributed by atoms with Gasteiger partial charge in [-0.25, -0.2) is 0 Å². The Morgan fingerprint density at radius 3 is 2.50 bits per heavy atom. The van der Waals surface area contributed by atoms with Crippen LogP contribution >= 0.6 is 35.7 Å². The molecular formula is C21H37IN4O3S. The fraction of sp³-hybridized carbons (Fsp3) is 0.667. The van der Waals surface area contributed by atoms with Gasteiger partial charge in [0, 0.05) is 31.4 Å². The van der Waals surface area contributed by atoms with E-state index >= 15 is 0 Å². The Balaban J connectivity index is 0.00000450. The van der Waals surface area contributed by atoms with Gasteiger partial charge in [-0.1, -0.05) is 13.0 Å². The lowest BCUT2D eigenvalue weighted by molar-refractivity contribution is 0.0169. The van der Waals surface area contributed by atoms with Crippen LogP contribution in [0, 0.1) is 0 Å². The molecular weight excluding hydrogens is 515 g/mol. The van der Waals surface area contributed by atoms with Gasteiger partial charge >= 0.3 is 0 Å². The standard InChI is InChI=1S/C21H36N4O3S.HI/c1-6-22-21(23-14-16(2)29-5)24-15-18(25-9-11-28-12-10-25)17-7-8-19(26-3)20(13-17)27-4;/h7-8,13,16,18H,6,9-12,14-15H2,1-5H3,(H2,22,23,24);1H. The first-order valence-electron chi connectivity index (χ1n) is 10.2. The minimum absolute atomic E-state index is 0. The first-order chi connectivity index (χ1) is 14.1. The van der Waals surface area contributed by atoms with E-state index in [4.69, 9.17) is 19.2 Å². The maximum atomic E-state index is 5.56. The number of aliphatic imine (C=N–C) groups is 1. The average molecular weight is 553 g/mol. The number of halogens is 1. The molecule has 1 aliphatic heterocycles. The summed E-state index contributed by atoms with van der Waals surface area (Å²) in [6.45, 7) is 9.95. The number of benzene rings is 1. The van der Waals surface area contributed by atoms with Crippen molar-refractivity contribution >= 4 is 41.7 Å². The molecule has 9 heteroatoms. The summed E-state index contributed by atoms with van der Waals surface area (Å²) < 4.78 is 16.5. The zero-order chi connectivity index (χ0) is 21.1. The number of morpholine rings is 1. The second kappa shape index (κ2) is 15.0. The molecule has 1 saturated heterocycles. The summed E-state index contributed by atoms with van der Waals surface area (Å²) in [5, 5.41) is 7.38. The first-order valence-corrected chi connectivity index (χ1v) is 11.5.